The van der Waals surface area contributed by atoms with Gasteiger partial charge in [0.25, 0.3) is 0 Å². The molecule has 0 amide bonds. The molecule has 2 aromatic rings. The van der Waals surface area contributed by atoms with Gasteiger partial charge in [0.2, 0.25) is 0 Å². The number of hydrogen-bond acceptors (Lipinski definition) is 6. The molecule has 3 N–H and O–H groups in total. The van der Waals surface area contributed by atoms with E-state index in [-0.39, 0.29) is 5.75 Å². The average molecular weight is 263 g/mol. The monoisotopic (exact) mass is 263 g/mol. The van der Waals surface area contributed by atoms with Crippen molar-refractivity contribution in [2.45, 2.75) is 6.42 Å². The zero-order valence-electron chi connectivity index (χ0n) is 10.6. The summed E-state index contributed by atoms with van der Waals surface area (Å²) in [5.74, 6) is 0.582. The van der Waals surface area contributed by atoms with Gasteiger partial charge in [-0.05, 0) is 18.6 Å². The van der Waals surface area contributed by atoms with Crippen molar-refractivity contribution in [3.63, 3.8) is 0 Å². The minimum atomic E-state index is 0.246. The molecule has 6 nitrogen and oxygen atoms in total. The molecule has 6 heteroatoms. The lowest BCUT2D eigenvalue weighted by molar-refractivity contribution is 0.0384. The molecule has 1 aliphatic rings. The van der Waals surface area contributed by atoms with Gasteiger partial charge in [-0.2, -0.15) is 0 Å². The summed E-state index contributed by atoms with van der Waals surface area (Å²) < 4.78 is 10.4. The molecule has 1 aromatic carbocycles. The maximum absolute atomic E-state index is 10.0. The summed E-state index contributed by atoms with van der Waals surface area (Å²) in [6.45, 7) is 4.25. The van der Waals surface area contributed by atoms with Crippen LogP contribution in [0.25, 0.3) is 11.0 Å². The Morgan fingerprint density at radius 2 is 2.11 bits per heavy atom. The highest BCUT2D eigenvalue weighted by atomic mass is 16.5. The van der Waals surface area contributed by atoms with Crippen LogP contribution in [-0.2, 0) is 11.2 Å². The van der Waals surface area contributed by atoms with E-state index in [9.17, 15) is 5.11 Å². The number of phenols is 1. The van der Waals surface area contributed by atoms with Crippen molar-refractivity contribution in [3.8, 4) is 5.75 Å². The Kier molecular flexibility index (Phi) is 3.27. The third kappa shape index (κ3) is 2.36. The number of phenolic OH excluding ortho intramolecular Hbond substituents is 1. The summed E-state index contributed by atoms with van der Waals surface area (Å²) in [6, 6.07) is 3.31. The van der Waals surface area contributed by atoms with Gasteiger partial charge in [-0.1, -0.05) is 5.16 Å². The van der Waals surface area contributed by atoms with E-state index in [0.29, 0.717) is 17.8 Å². The van der Waals surface area contributed by atoms with E-state index in [1.807, 2.05) is 0 Å². The summed E-state index contributed by atoms with van der Waals surface area (Å²) in [5.41, 5.74) is 7.23. The van der Waals surface area contributed by atoms with Gasteiger partial charge in [-0.25, -0.2) is 0 Å². The van der Waals surface area contributed by atoms with Crippen LogP contribution in [-0.4, -0.2) is 48.0 Å². The number of nitrogens with zero attached hydrogens (tertiary/aromatic N) is 2. The number of benzene rings is 1. The lowest BCUT2D eigenvalue weighted by atomic mass is 10.1. The highest BCUT2D eigenvalue weighted by Gasteiger charge is 2.16. The topological polar surface area (TPSA) is 84.8 Å². The van der Waals surface area contributed by atoms with Gasteiger partial charge in [0.05, 0.1) is 18.6 Å². The number of morpholine rings is 1. The lowest BCUT2D eigenvalue weighted by Crippen LogP contribution is -2.37. The number of anilines is 1. The van der Waals surface area contributed by atoms with Crippen LogP contribution in [0.1, 0.15) is 5.56 Å². The number of aromatic nitrogens is 1. The molecule has 1 aliphatic heterocycles. The van der Waals surface area contributed by atoms with Crippen molar-refractivity contribution < 1.29 is 14.4 Å². The molecule has 0 spiro atoms. The van der Waals surface area contributed by atoms with E-state index < -0.39 is 0 Å². The first-order chi connectivity index (χ1) is 9.25. The van der Waals surface area contributed by atoms with Crippen molar-refractivity contribution >= 4 is 16.8 Å². The zero-order chi connectivity index (χ0) is 13.2. The minimum Gasteiger partial charge on any atom is -0.508 e. The molecular formula is C13H17N3O3. The van der Waals surface area contributed by atoms with Gasteiger partial charge in [0.15, 0.2) is 11.4 Å². The summed E-state index contributed by atoms with van der Waals surface area (Å²) in [4.78, 5) is 2.31. The van der Waals surface area contributed by atoms with E-state index in [0.717, 1.165) is 43.8 Å². The fourth-order valence-electron chi connectivity index (χ4n) is 2.46. The van der Waals surface area contributed by atoms with Crippen molar-refractivity contribution in [2.24, 2.45) is 0 Å². The smallest absolute Gasteiger partial charge is 0.175 e. The Hall–Kier alpha value is -1.79. The molecule has 0 bridgehead atoms. The Labute approximate surface area is 110 Å². The van der Waals surface area contributed by atoms with Gasteiger partial charge >= 0.3 is 0 Å². The SMILES string of the molecule is Nc1noc2ccc(O)c(CCN3CCOCC3)c12. The molecule has 1 saturated heterocycles. The highest BCUT2D eigenvalue weighted by Crippen LogP contribution is 2.31. The van der Waals surface area contributed by atoms with E-state index in [1.165, 1.54) is 0 Å². The summed E-state index contributed by atoms with van der Waals surface area (Å²) in [7, 11) is 0. The second-order valence-electron chi connectivity index (χ2n) is 4.71. The van der Waals surface area contributed by atoms with Gasteiger partial charge in [0.1, 0.15) is 5.75 Å². The van der Waals surface area contributed by atoms with Crippen LogP contribution in [0.3, 0.4) is 0 Å². The van der Waals surface area contributed by atoms with E-state index in [2.05, 4.69) is 10.1 Å². The molecule has 19 heavy (non-hydrogen) atoms. The normalized spacial score (nSPS) is 17.1. The van der Waals surface area contributed by atoms with E-state index >= 15 is 0 Å². The average Bonchev–Trinajstić information content (AvgIpc) is 2.81. The Morgan fingerprint density at radius 3 is 2.89 bits per heavy atom. The van der Waals surface area contributed by atoms with Crippen molar-refractivity contribution in [3.05, 3.63) is 17.7 Å². The number of nitrogen functional groups attached to an aromatic ring is 1. The van der Waals surface area contributed by atoms with Crippen LogP contribution in [0.15, 0.2) is 16.7 Å². The number of rotatable bonds is 3. The van der Waals surface area contributed by atoms with Gasteiger partial charge in [-0.3, -0.25) is 4.90 Å². The number of hydrogen-bond donors (Lipinski definition) is 2. The molecule has 0 atom stereocenters. The van der Waals surface area contributed by atoms with E-state index in [1.54, 1.807) is 12.1 Å². The van der Waals surface area contributed by atoms with Gasteiger partial charge in [-0.15, -0.1) is 0 Å². The molecule has 102 valence electrons. The molecule has 1 fully saturated rings. The molecule has 0 radical (unpaired) electrons. The minimum absolute atomic E-state index is 0.246. The van der Waals surface area contributed by atoms with Crippen molar-refractivity contribution in [2.75, 3.05) is 38.6 Å². The molecule has 0 unspecified atom stereocenters. The molecular weight excluding hydrogens is 246 g/mol. The first-order valence-electron chi connectivity index (χ1n) is 6.41. The predicted octanol–water partition coefficient (Wildman–Crippen LogP) is 0.990. The van der Waals surface area contributed by atoms with Crippen LogP contribution in [0.4, 0.5) is 5.82 Å². The third-order valence-electron chi connectivity index (χ3n) is 3.53. The van der Waals surface area contributed by atoms with Crippen molar-refractivity contribution in [1.82, 2.24) is 10.1 Å². The first-order valence-corrected chi connectivity index (χ1v) is 6.41. The van der Waals surface area contributed by atoms with Crippen LogP contribution >= 0.6 is 0 Å². The predicted molar refractivity (Wildman–Crippen MR) is 71.0 cm³/mol. The lowest BCUT2D eigenvalue weighted by Gasteiger charge is -2.26. The van der Waals surface area contributed by atoms with Crippen LogP contribution in [0.5, 0.6) is 5.75 Å². The van der Waals surface area contributed by atoms with E-state index in [4.69, 9.17) is 15.0 Å². The molecule has 1 aromatic heterocycles. The molecule has 3 rings (SSSR count). The molecule has 2 heterocycles. The summed E-state index contributed by atoms with van der Waals surface area (Å²) >= 11 is 0. The fourth-order valence-corrected chi connectivity index (χ4v) is 2.46. The third-order valence-corrected chi connectivity index (χ3v) is 3.53. The van der Waals surface area contributed by atoms with Gasteiger partial charge in [0, 0.05) is 25.2 Å². The number of aromatic hydroxyl groups is 1. The number of ether oxygens (including phenoxy) is 1. The quantitative estimate of drug-likeness (QED) is 0.859. The second-order valence-corrected chi connectivity index (χ2v) is 4.71. The fraction of sp³-hybridized carbons (Fsp3) is 0.462. The zero-order valence-corrected chi connectivity index (χ0v) is 10.6. The van der Waals surface area contributed by atoms with Crippen LogP contribution in [0, 0.1) is 0 Å². The Balaban J connectivity index is 1.83. The Morgan fingerprint density at radius 1 is 1.32 bits per heavy atom. The maximum Gasteiger partial charge on any atom is 0.175 e. The standard InChI is InChI=1S/C13H17N3O3/c14-13-12-9(3-4-16-5-7-18-8-6-16)10(17)1-2-11(12)19-15-13/h1-2,17H,3-8H2,(H2,14,15). The van der Waals surface area contributed by atoms with Crippen LogP contribution < -0.4 is 5.73 Å². The second kappa shape index (κ2) is 5.07. The molecule has 0 saturated carbocycles. The largest absolute Gasteiger partial charge is 0.508 e. The van der Waals surface area contributed by atoms with Crippen LogP contribution in [0.2, 0.25) is 0 Å². The first kappa shape index (κ1) is 12.3. The maximum atomic E-state index is 10.0. The summed E-state index contributed by atoms with van der Waals surface area (Å²) in [6.07, 6.45) is 0.717. The van der Waals surface area contributed by atoms with Crippen molar-refractivity contribution in [1.29, 1.82) is 0 Å². The van der Waals surface area contributed by atoms with Gasteiger partial charge < -0.3 is 20.1 Å². The Bertz CT molecular complexity index is 576. The highest BCUT2D eigenvalue weighted by molar-refractivity contribution is 5.91. The number of nitrogens with two attached hydrogens (primary N) is 1. The molecule has 0 aliphatic carbocycles. The number of fused-ring (bicyclic) bond motifs is 1. The summed E-state index contributed by atoms with van der Waals surface area (Å²) in [5, 5.41) is 14.5.